The molecule has 5 nitrogen and oxygen atoms in total. The summed E-state index contributed by atoms with van der Waals surface area (Å²) in [4.78, 5) is 22.5. The molecule has 0 radical (unpaired) electrons. The molecule has 0 bridgehead atoms. The SMILES string of the molecule is Cc1cc(CN2Cc3c(ccnc3C)C2=O)cnc1OCC(C)(F)F. The van der Waals surface area contributed by atoms with Gasteiger partial charge in [0.25, 0.3) is 11.8 Å². The number of nitrogens with zero attached hydrogens (tertiary/aromatic N) is 3. The van der Waals surface area contributed by atoms with Crippen LogP contribution in [0.3, 0.4) is 0 Å². The molecule has 1 amide bonds. The highest BCUT2D eigenvalue weighted by molar-refractivity contribution is 5.98. The molecule has 0 saturated carbocycles. The zero-order chi connectivity index (χ0) is 18.2. The Morgan fingerprint density at radius 1 is 1.32 bits per heavy atom. The molecule has 1 aliphatic heterocycles. The van der Waals surface area contributed by atoms with Gasteiger partial charge in [-0.3, -0.25) is 9.78 Å². The van der Waals surface area contributed by atoms with E-state index in [9.17, 15) is 13.6 Å². The van der Waals surface area contributed by atoms with Crippen LogP contribution in [0.1, 0.15) is 39.7 Å². The van der Waals surface area contributed by atoms with E-state index in [1.807, 2.05) is 6.92 Å². The number of rotatable bonds is 5. The third kappa shape index (κ3) is 3.75. The van der Waals surface area contributed by atoms with E-state index < -0.39 is 12.5 Å². The van der Waals surface area contributed by atoms with Gasteiger partial charge in [0.15, 0.2) is 6.61 Å². The van der Waals surface area contributed by atoms with Crippen LogP contribution in [0.2, 0.25) is 0 Å². The summed E-state index contributed by atoms with van der Waals surface area (Å²) in [5.74, 6) is -2.77. The van der Waals surface area contributed by atoms with Crippen molar-refractivity contribution in [2.45, 2.75) is 39.8 Å². The van der Waals surface area contributed by atoms with Crippen molar-refractivity contribution in [3.05, 3.63) is 52.5 Å². The maximum Gasteiger partial charge on any atom is 0.278 e. The molecule has 0 aromatic carbocycles. The van der Waals surface area contributed by atoms with Crippen molar-refractivity contribution in [2.24, 2.45) is 0 Å². The zero-order valence-corrected chi connectivity index (χ0v) is 14.3. The minimum atomic E-state index is -2.91. The summed E-state index contributed by atoms with van der Waals surface area (Å²) in [5.41, 5.74) is 3.96. The van der Waals surface area contributed by atoms with E-state index in [1.165, 1.54) is 0 Å². The van der Waals surface area contributed by atoms with Gasteiger partial charge in [-0.2, -0.15) is 0 Å². The molecule has 25 heavy (non-hydrogen) atoms. The number of fused-ring (bicyclic) bond motifs is 1. The molecular weight excluding hydrogens is 328 g/mol. The highest BCUT2D eigenvalue weighted by atomic mass is 19.3. The summed E-state index contributed by atoms with van der Waals surface area (Å²) in [6.07, 6.45) is 3.19. The lowest BCUT2D eigenvalue weighted by molar-refractivity contribution is -0.0244. The first-order chi connectivity index (χ1) is 11.7. The van der Waals surface area contributed by atoms with Crippen LogP contribution in [-0.4, -0.2) is 33.3 Å². The number of alkyl halides is 2. The van der Waals surface area contributed by atoms with Gasteiger partial charge in [-0.15, -0.1) is 0 Å². The van der Waals surface area contributed by atoms with Crippen LogP contribution in [0, 0.1) is 13.8 Å². The number of hydrogen-bond donors (Lipinski definition) is 0. The van der Waals surface area contributed by atoms with Crippen LogP contribution in [0.5, 0.6) is 5.88 Å². The second-order valence-corrected chi connectivity index (χ2v) is 6.41. The molecule has 0 aliphatic carbocycles. The molecule has 0 N–H and O–H groups in total. The molecule has 0 spiro atoms. The average Bonchev–Trinajstić information content (AvgIpc) is 2.84. The maximum absolute atomic E-state index is 12.9. The minimum Gasteiger partial charge on any atom is -0.471 e. The lowest BCUT2D eigenvalue weighted by Crippen LogP contribution is -2.24. The van der Waals surface area contributed by atoms with E-state index in [-0.39, 0.29) is 11.8 Å². The van der Waals surface area contributed by atoms with Crippen molar-refractivity contribution in [1.29, 1.82) is 0 Å². The Kier molecular flexibility index (Phi) is 4.41. The molecule has 3 heterocycles. The monoisotopic (exact) mass is 347 g/mol. The number of pyridine rings is 2. The molecule has 3 rings (SSSR count). The third-order valence-electron chi connectivity index (χ3n) is 4.06. The first kappa shape index (κ1) is 17.3. The van der Waals surface area contributed by atoms with Crippen molar-refractivity contribution in [2.75, 3.05) is 6.61 Å². The quantitative estimate of drug-likeness (QED) is 0.833. The van der Waals surface area contributed by atoms with Gasteiger partial charge in [0.2, 0.25) is 5.88 Å². The maximum atomic E-state index is 12.9. The van der Waals surface area contributed by atoms with Gasteiger partial charge in [0.1, 0.15) is 0 Å². The highest BCUT2D eigenvalue weighted by Gasteiger charge is 2.29. The Morgan fingerprint density at radius 3 is 2.72 bits per heavy atom. The number of carbonyl (C=O) groups is 1. The second-order valence-electron chi connectivity index (χ2n) is 6.41. The van der Waals surface area contributed by atoms with Crippen molar-refractivity contribution in [3.63, 3.8) is 0 Å². The summed E-state index contributed by atoms with van der Waals surface area (Å²) in [6, 6.07) is 3.54. The number of amides is 1. The molecule has 1 aliphatic rings. The first-order valence-corrected chi connectivity index (χ1v) is 7.94. The van der Waals surface area contributed by atoms with E-state index >= 15 is 0 Å². The van der Waals surface area contributed by atoms with Crippen molar-refractivity contribution >= 4 is 5.91 Å². The van der Waals surface area contributed by atoms with Gasteiger partial charge in [0.05, 0.1) is 0 Å². The van der Waals surface area contributed by atoms with Crippen molar-refractivity contribution in [1.82, 2.24) is 14.9 Å². The summed E-state index contributed by atoms with van der Waals surface area (Å²) in [7, 11) is 0. The Bertz CT molecular complexity index is 818. The van der Waals surface area contributed by atoms with Gasteiger partial charge in [-0.05, 0) is 31.5 Å². The van der Waals surface area contributed by atoms with Gasteiger partial charge < -0.3 is 9.64 Å². The number of hydrogen-bond acceptors (Lipinski definition) is 4. The van der Waals surface area contributed by atoms with E-state index in [4.69, 9.17) is 4.74 Å². The normalized spacial score (nSPS) is 14.0. The van der Waals surface area contributed by atoms with E-state index in [0.717, 1.165) is 23.7 Å². The number of carbonyl (C=O) groups excluding carboxylic acids is 1. The molecule has 7 heteroatoms. The van der Waals surface area contributed by atoms with Crippen molar-refractivity contribution in [3.8, 4) is 5.88 Å². The smallest absolute Gasteiger partial charge is 0.278 e. The predicted octanol–water partition coefficient (Wildman–Crippen LogP) is 3.28. The third-order valence-corrected chi connectivity index (χ3v) is 4.06. The van der Waals surface area contributed by atoms with E-state index in [1.54, 1.807) is 36.4 Å². The number of halogens is 2. The summed E-state index contributed by atoms with van der Waals surface area (Å²) in [5, 5.41) is 0. The van der Waals surface area contributed by atoms with Crippen LogP contribution in [-0.2, 0) is 13.1 Å². The Labute approximate surface area is 144 Å². The summed E-state index contributed by atoms with van der Waals surface area (Å²) < 4.78 is 30.8. The topological polar surface area (TPSA) is 55.3 Å². The second kappa shape index (κ2) is 6.38. The zero-order valence-electron chi connectivity index (χ0n) is 14.3. The first-order valence-electron chi connectivity index (χ1n) is 7.94. The van der Waals surface area contributed by atoms with Gasteiger partial charge in [-0.1, -0.05) is 0 Å². The molecule has 132 valence electrons. The lowest BCUT2D eigenvalue weighted by Gasteiger charge is -2.17. The molecule has 0 fully saturated rings. The van der Waals surface area contributed by atoms with Crippen LogP contribution in [0.4, 0.5) is 8.78 Å². The van der Waals surface area contributed by atoms with Gasteiger partial charge in [0, 0.05) is 54.8 Å². The largest absolute Gasteiger partial charge is 0.471 e. The van der Waals surface area contributed by atoms with Crippen LogP contribution in [0.25, 0.3) is 0 Å². The van der Waals surface area contributed by atoms with E-state index in [0.29, 0.717) is 24.2 Å². The van der Waals surface area contributed by atoms with Crippen LogP contribution in [0.15, 0.2) is 24.5 Å². The van der Waals surface area contributed by atoms with Gasteiger partial charge >= 0.3 is 0 Å². The Balaban J connectivity index is 1.71. The molecule has 0 saturated heterocycles. The van der Waals surface area contributed by atoms with Crippen molar-refractivity contribution < 1.29 is 18.3 Å². The average molecular weight is 347 g/mol. The molecular formula is C18H19F2N3O2. The van der Waals surface area contributed by atoms with Crippen LogP contribution >= 0.6 is 0 Å². The fourth-order valence-electron chi connectivity index (χ4n) is 2.83. The highest BCUT2D eigenvalue weighted by Crippen LogP contribution is 2.26. The van der Waals surface area contributed by atoms with E-state index in [2.05, 4.69) is 9.97 Å². The Hall–Kier alpha value is -2.57. The van der Waals surface area contributed by atoms with Crippen LogP contribution < -0.4 is 4.74 Å². The lowest BCUT2D eigenvalue weighted by atomic mass is 10.1. The molecule has 0 unspecified atom stereocenters. The summed E-state index contributed by atoms with van der Waals surface area (Å²) in [6.45, 7) is 4.61. The molecule has 2 aromatic heterocycles. The fraction of sp³-hybridized carbons (Fsp3) is 0.389. The number of aromatic nitrogens is 2. The van der Waals surface area contributed by atoms with Gasteiger partial charge in [-0.25, -0.2) is 13.8 Å². The number of ether oxygens (including phenoxy) is 1. The minimum absolute atomic E-state index is 0.0379. The predicted molar refractivity (Wildman–Crippen MR) is 87.6 cm³/mol. The number of aryl methyl sites for hydroxylation is 2. The standard InChI is InChI=1S/C18H19F2N3O2/c1-11-6-13(7-22-16(11)25-10-18(3,19)20)8-23-9-15-12(2)21-5-4-14(15)17(23)24/h4-7H,8-10H2,1-3H3. The summed E-state index contributed by atoms with van der Waals surface area (Å²) >= 11 is 0. The Morgan fingerprint density at radius 2 is 2.08 bits per heavy atom. The molecule has 0 atom stereocenters. The molecule has 2 aromatic rings. The fourth-order valence-corrected chi connectivity index (χ4v) is 2.83.